The van der Waals surface area contributed by atoms with Crippen molar-refractivity contribution in [1.29, 1.82) is 0 Å². The van der Waals surface area contributed by atoms with E-state index in [1.54, 1.807) is 24.3 Å². The average Bonchev–Trinajstić information content (AvgIpc) is 3.20. The summed E-state index contributed by atoms with van der Waals surface area (Å²) >= 11 is 0. The Bertz CT molecular complexity index is 2000. The summed E-state index contributed by atoms with van der Waals surface area (Å²) in [6.07, 6.45) is -1.39. The summed E-state index contributed by atoms with van der Waals surface area (Å²) in [6.45, 7) is 0. The van der Waals surface area contributed by atoms with Gasteiger partial charge in [0.15, 0.2) is 12.2 Å². The maximum atomic E-state index is 14.0. The Morgan fingerprint density at radius 1 is 0.300 bits per heavy atom. The SMILES string of the molecule is O=C(OC(c1ccccc1)c1ccc(-c2ccccc2)cc1)c1ccccc1C(=O)OC(c1ccccc1)c1ccc(-c2ccccc2)cc1. The minimum atomic E-state index is -0.696. The van der Waals surface area contributed by atoms with Gasteiger partial charge in [0, 0.05) is 0 Å². The molecule has 7 aromatic rings. The highest BCUT2D eigenvalue weighted by Gasteiger charge is 2.27. The second-order valence-corrected chi connectivity index (χ2v) is 11.9. The van der Waals surface area contributed by atoms with Crippen LogP contribution in [0.2, 0.25) is 0 Å². The smallest absolute Gasteiger partial charge is 0.339 e. The van der Waals surface area contributed by atoms with E-state index >= 15 is 0 Å². The standard InChI is InChI=1S/C46H34O4/c47-45(49-43(37-19-9-3-10-20-37)39-29-25-35(26-30-39)33-15-5-1-6-16-33)41-23-13-14-24-42(41)46(48)50-44(38-21-11-4-12-22-38)40-31-27-36(28-32-40)34-17-7-2-8-18-34/h1-32,43-44H. The van der Waals surface area contributed by atoms with Crippen LogP contribution in [-0.4, -0.2) is 11.9 Å². The molecule has 2 atom stereocenters. The van der Waals surface area contributed by atoms with E-state index < -0.39 is 24.1 Å². The van der Waals surface area contributed by atoms with Crippen molar-refractivity contribution in [1.82, 2.24) is 0 Å². The molecule has 0 aliphatic heterocycles. The van der Waals surface area contributed by atoms with Crippen LogP contribution in [0.5, 0.6) is 0 Å². The fourth-order valence-corrected chi connectivity index (χ4v) is 6.05. The Morgan fingerprint density at radius 2 is 0.560 bits per heavy atom. The molecule has 0 aliphatic carbocycles. The van der Waals surface area contributed by atoms with Gasteiger partial charge in [-0.1, -0.05) is 182 Å². The molecule has 0 fully saturated rings. The topological polar surface area (TPSA) is 52.6 Å². The minimum absolute atomic E-state index is 0.130. The maximum absolute atomic E-state index is 14.0. The van der Waals surface area contributed by atoms with E-state index in [4.69, 9.17) is 9.47 Å². The first kappa shape index (κ1) is 32.0. The summed E-state index contributed by atoms with van der Waals surface area (Å²) in [6, 6.07) is 62.1. The van der Waals surface area contributed by atoms with Crippen LogP contribution in [0.25, 0.3) is 22.3 Å². The Hall–Kier alpha value is -6.52. The number of carbonyl (C=O) groups is 2. The van der Waals surface area contributed by atoms with E-state index in [0.717, 1.165) is 44.5 Å². The van der Waals surface area contributed by atoms with Gasteiger partial charge in [0.05, 0.1) is 11.1 Å². The average molecular weight is 651 g/mol. The number of carbonyl (C=O) groups excluding carboxylic acids is 2. The third-order valence-corrected chi connectivity index (χ3v) is 8.66. The molecule has 0 amide bonds. The summed E-state index contributed by atoms with van der Waals surface area (Å²) < 4.78 is 12.5. The van der Waals surface area contributed by atoms with Gasteiger partial charge in [-0.3, -0.25) is 0 Å². The molecule has 4 nitrogen and oxygen atoms in total. The predicted octanol–water partition coefficient (Wildman–Crippen LogP) is 10.9. The summed E-state index contributed by atoms with van der Waals surface area (Å²) in [4.78, 5) is 28.0. The van der Waals surface area contributed by atoms with Crippen molar-refractivity contribution in [3.8, 4) is 22.3 Å². The number of ether oxygens (including phenoxy) is 2. The van der Waals surface area contributed by atoms with Gasteiger partial charge < -0.3 is 9.47 Å². The molecule has 50 heavy (non-hydrogen) atoms. The Balaban J connectivity index is 1.16. The van der Waals surface area contributed by atoms with E-state index in [9.17, 15) is 9.59 Å². The van der Waals surface area contributed by atoms with Gasteiger partial charge in [0.25, 0.3) is 0 Å². The zero-order chi connectivity index (χ0) is 34.1. The van der Waals surface area contributed by atoms with E-state index in [0.29, 0.717) is 0 Å². The zero-order valence-electron chi connectivity index (χ0n) is 27.3. The van der Waals surface area contributed by atoms with E-state index in [1.807, 2.05) is 146 Å². The van der Waals surface area contributed by atoms with E-state index in [2.05, 4.69) is 24.3 Å². The largest absolute Gasteiger partial charge is 0.449 e. The van der Waals surface area contributed by atoms with Gasteiger partial charge in [-0.2, -0.15) is 0 Å². The molecule has 0 radical (unpaired) electrons. The molecule has 4 heteroatoms. The highest BCUT2D eigenvalue weighted by molar-refractivity contribution is 6.03. The van der Waals surface area contributed by atoms with Gasteiger partial charge in [0.1, 0.15) is 0 Å². The fraction of sp³-hybridized carbons (Fsp3) is 0.0435. The summed E-state index contributed by atoms with van der Waals surface area (Å²) in [7, 11) is 0. The molecule has 2 unspecified atom stereocenters. The van der Waals surface area contributed by atoms with Crippen LogP contribution in [0.3, 0.4) is 0 Å². The van der Waals surface area contributed by atoms with Gasteiger partial charge in [-0.25, -0.2) is 9.59 Å². The molecule has 7 aromatic carbocycles. The van der Waals surface area contributed by atoms with Crippen LogP contribution in [0, 0.1) is 0 Å². The van der Waals surface area contributed by atoms with Crippen molar-refractivity contribution in [2.45, 2.75) is 12.2 Å². The molecule has 242 valence electrons. The van der Waals surface area contributed by atoms with Crippen molar-refractivity contribution < 1.29 is 19.1 Å². The van der Waals surface area contributed by atoms with Crippen molar-refractivity contribution >= 4 is 11.9 Å². The first-order valence-electron chi connectivity index (χ1n) is 16.6. The monoisotopic (exact) mass is 650 g/mol. The summed E-state index contributed by atoms with van der Waals surface area (Å²) in [5.74, 6) is -1.25. The molecule has 0 saturated carbocycles. The van der Waals surface area contributed by atoms with Crippen LogP contribution in [-0.2, 0) is 9.47 Å². The first-order chi connectivity index (χ1) is 24.6. The van der Waals surface area contributed by atoms with Gasteiger partial charge >= 0.3 is 11.9 Å². The van der Waals surface area contributed by atoms with Crippen LogP contribution in [0.1, 0.15) is 55.2 Å². The number of hydrogen-bond acceptors (Lipinski definition) is 4. The number of benzene rings is 7. The lowest BCUT2D eigenvalue weighted by atomic mass is 9.97. The Kier molecular flexibility index (Phi) is 9.70. The zero-order valence-corrected chi connectivity index (χ0v) is 27.3. The van der Waals surface area contributed by atoms with Crippen LogP contribution >= 0.6 is 0 Å². The normalized spacial score (nSPS) is 12.0. The van der Waals surface area contributed by atoms with Crippen molar-refractivity contribution in [3.05, 3.63) is 228 Å². The number of hydrogen-bond donors (Lipinski definition) is 0. The lowest BCUT2D eigenvalue weighted by molar-refractivity contribution is 0.0330. The minimum Gasteiger partial charge on any atom is -0.449 e. The third-order valence-electron chi connectivity index (χ3n) is 8.66. The molecule has 0 aliphatic rings. The molecular weight excluding hydrogens is 617 g/mol. The van der Waals surface area contributed by atoms with Gasteiger partial charge in [0.2, 0.25) is 0 Å². The van der Waals surface area contributed by atoms with E-state index in [-0.39, 0.29) is 11.1 Å². The third kappa shape index (κ3) is 7.30. The van der Waals surface area contributed by atoms with Crippen molar-refractivity contribution in [2.24, 2.45) is 0 Å². The van der Waals surface area contributed by atoms with Crippen LogP contribution < -0.4 is 0 Å². The highest BCUT2D eigenvalue weighted by atomic mass is 16.6. The lowest BCUT2D eigenvalue weighted by Gasteiger charge is -2.22. The molecule has 0 heterocycles. The second kappa shape index (κ2) is 15.1. The van der Waals surface area contributed by atoms with Crippen molar-refractivity contribution in [2.75, 3.05) is 0 Å². The first-order valence-corrected chi connectivity index (χ1v) is 16.6. The highest BCUT2D eigenvalue weighted by Crippen LogP contribution is 2.32. The van der Waals surface area contributed by atoms with Gasteiger partial charge in [-0.05, 0) is 56.6 Å². The molecule has 0 N–H and O–H groups in total. The van der Waals surface area contributed by atoms with Crippen molar-refractivity contribution in [3.63, 3.8) is 0 Å². The van der Waals surface area contributed by atoms with Crippen LogP contribution in [0.4, 0.5) is 0 Å². The van der Waals surface area contributed by atoms with Crippen LogP contribution in [0.15, 0.2) is 194 Å². The molecular formula is C46H34O4. The molecule has 7 rings (SSSR count). The maximum Gasteiger partial charge on any atom is 0.339 e. The number of esters is 2. The van der Waals surface area contributed by atoms with E-state index in [1.165, 1.54) is 0 Å². The van der Waals surface area contributed by atoms with Gasteiger partial charge in [-0.15, -0.1) is 0 Å². The second-order valence-electron chi connectivity index (χ2n) is 11.9. The number of rotatable bonds is 10. The predicted molar refractivity (Wildman–Crippen MR) is 198 cm³/mol. The quantitative estimate of drug-likeness (QED) is 0.138. The fourth-order valence-electron chi connectivity index (χ4n) is 6.05. The Labute approximate surface area is 292 Å². The molecule has 0 aromatic heterocycles. The molecule has 0 saturated heterocycles. The Morgan fingerprint density at radius 3 is 0.900 bits per heavy atom. The molecule has 0 spiro atoms. The lowest BCUT2D eigenvalue weighted by Crippen LogP contribution is -2.19. The molecule has 0 bridgehead atoms. The summed E-state index contributed by atoms with van der Waals surface area (Å²) in [5.41, 5.74) is 7.83. The summed E-state index contributed by atoms with van der Waals surface area (Å²) in [5, 5.41) is 0.